The molecule has 2 aliphatic heterocycles. The molecule has 1 fully saturated rings. The van der Waals surface area contributed by atoms with Crippen LogP contribution in [0.3, 0.4) is 0 Å². The van der Waals surface area contributed by atoms with Gasteiger partial charge in [-0.15, -0.1) is 11.8 Å². The van der Waals surface area contributed by atoms with E-state index in [4.69, 9.17) is 9.47 Å². The van der Waals surface area contributed by atoms with Gasteiger partial charge in [-0.3, -0.25) is 4.79 Å². The number of esters is 1. The van der Waals surface area contributed by atoms with E-state index in [9.17, 15) is 9.90 Å². The van der Waals surface area contributed by atoms with Crippen LogP contribution in [-0.2, 0) is 19.0 Å². The fourth-order valence-electron chi connectivity index (χ4n) is 4.41. The van der Waals surface area contributed by atoms with Crippen molar-refractivity contribution < 1.29 is 19.4 Å². The summed E-state index contributed by atoms with van der Waals surface area (Å²) in [6.45, 7) is 0. The normalized spacial score (nSPS) is 41.1. The average molecular weight is 318 g/mol. The van der Waals surface area contributed by atoms with Gasteiger partial charge in [-0.05, 0) is 11.1 Å². The second kappa shape index (κ2) is 4.85. The summed E-state index contributed by atoms with van der Waals surface area (Å²) in [4.78, 5) is 12.7. The number of rotatable bonds is 2. The molecule has 0 aromatic heterocycles. The van der Waals surface area contributed by atoms with Crippen LogP contribution in [0.15, 0.2) is 36.4 Å². The van der Waals surface area contributed by atoms with E-state index in [2.05, 4.69) is 6.07 Å². The van der Waals surface area contributed by atoms with Crippen molar-refractivity contribution >= 4 is 17.7 Å². The lowest BCUT2D eigenvalue weighted by atomic mass is 9.63. The van der Waals surface area contributed by atoms with Gasteiger partial charge < -0.3 is 14.6 Å². The summed E-state index contributed by atoms with van der Waals surface area (Å²) in [5, 5.41) is 10.7. The first-order valence-corrected chi connectivity index (χ1v) is 8.28. The summed E-state index contributed by atoms with van der Waals surface area (Å²) in [5.41, 5.74) is 2.16. The van der Waals surface area contributed by atoms with E-state index < -0.39 is 10.9 Å². The highest BCUT2D eigenvalue weighted by molar-refractivity contribution is 8.01. The Bertz CT molecular complexity index is 658. The molecule has 1 aromatic rings. The van der Waals surface area contributed by atoms with Crippen molar-refractivity contribution in [3.63, 3.8) is 0 Å². The number of hydrogen-bond donors (Lipinski definition) is 1. The molecule has 1 aliphatic carbocycles. The van der Waals surface area contributed by atoms with Crippen molar-refractivity contribution in [2.24, 2.45) is 11.8 Å². The molecular weight excluding hydrogens is 300 g/mol. The molecule has 4 nitrogen and oxygen atoms in total. The Hall–Kier alpha value is -1.30. The largest absolute Gasteiger partial charge is 0.468 e. The van der Waals surface area contributed by atoms with Crippen molar-refractivity contribution in [2.75, 3.05) is 14.2 Å². The van der Waals surface area contributed by atoms with Gasteiger partial charge in [0.25, 0.3) is 0 Å². The molecule has 0 unspecified atom stereocenters. The maximum atomic E-state index is 12.7. The van der Waals surface area contributed by atoms with Crippen molar-refractivity contribution in [1.29, 1.82) is 0 Å². The van der Waals surface area contributed by atoms with Crippen molar-refractivity contribution in [3.05, 3.63) is 47.5 Å². The number of hydrogen-bond acceptors (Lipinski definition) is 5. The Labute approximate surface area is 133 Å². The Morgan fingerprint density at radius 3 is 2.77 bits per heavy atom. The van der Waals surface area contributed by atoms with Crippen LogP contribution < -0.4 is 0 Å². The van der Waals surface area contributed by atoms with E-state index in [-0.39, 0.29) is 29.2 Å². The lowest BCUT2D eigenvalue weighted by Crippen LogP contribution is -2.51. The van der Waals surface area contributed by atoms with Gasteiger partial charge in [0.1, 0.15) is 4.75 Å². The molecular formula is C17H18O4S. The molecule has 1 aromatic carbocycles. The number of ether oxygens (including phenoxy) is 2. The number of methoxy groups -OCH3 is 2. The van der Waals surface area contributed by atoms with E-state index in [1.165, 1.54) is 12.7 Å². The van der Waals surface area contributed by atoms with Crippen LogP contribution in [0.2, 0.25) is 0 Å². The molecule has 6 atom stereocenters. The molecule has 5 heteroatoms. The molecule has 4 rings (SSSR count). The smallest absolute Gasteiger partial charge is 0.326 e. The van der Waals surface area contributed by atoms with Crippen molar-refractivity contribution in [1.82, 2.24) is 0 Å². The van der Waals surface area contributed by atoms with E-state index in [0.29, 0.717) is 0 Å². The number of aliphatic hydroxyl groups is 1. The molecule has 116 valence electrons. The third-order valence-corrected chi connectivity index (χ3v) is 7.07. The molecule has 0 spiro atoms. The van der Waals surface area contributed by atoms with Crippen LogP contribution in [0.1, 0.15) is 16.4 Å². The molecule has 0 amide bonds. The Kier molecular flexibility index (Phi) is 3.15. The van der Waals surface area contributed by atoms with Gasteiger partial charge in [0.2, 0.25) is 0 Å². The first-order valence-electron chi connectivity index (χ1n) is 7.40. The van der Waals surface area contributed by atoms with Crippen LogP contribution in [0.4, 0.5) is 0 Å². The van der Waals surface area contributed by atoms with Gasteiger partial charge in [-0.25, -0.2) is 0 Å². The molecule has 2 heterocycles. The second-order valence-corrected chi connectivity index (χ2v) is 7.42. The fraction of sp³-hybridized carbons (Fsp3) is 0.471. The summed E-state index contributed by atoms with van der Waals surface area (Å²) in [7, 11) is 3.09. The molecule has 0 saturated carbocycles. The number of carbonyl (C=O) groups excluding carboxylic acids is 1. The lowest BCUT2D eigenvalue weighted by molar-refractivity contribution is -0.148. The highest BCUT2D eigenvalue weighted by Gasteiger charge is 2.69. The summed E-state index contributed by atoms with van der Waals surface area (Å²) >= 11 is 1.61. The third kappa shape index (κ3) is 1.54. The monoisotopic (exact) mass is 318 g/mol. The van der Waals surface area contributed by atoms with Crippen molar-refractivity contribution in [3.8, 4) is 0 Å². The Balaban J connectivity index is 1.95. The van der Waals surface area contributed by atoms with Crippen molar-refractivity contribution in [2.45, 2.75) is 22.2 Å². The van der Waals surface area contributed by atoms with Gasteiger partial charge in [0.15, 0.2) is 0 Å². The SMILES string of the molecule is COC(=O)[C@@]12S[C@@H](c3ccccc31)[C@@H]1[C@H]2[C@H](O)C=C[C@@H]1OC. The topological polar surface area (TPSA) is 55.8 Å². The second-order valence-electron chi connectivity index (χ2n) is 6.03. The predicted molar refractivity (Wildman–Crippen MR) is 83.4 cm³/mol. The lowest BCUT2D eigenvalue weighted by Gasteiger charge is -2.43. The van der Waals surface area contributed by atoms with Crippen LogP contribution in [-0.4, -0.2) is 37.5 Å². The van der Waals surface area contributed by atoms with Gasteiger partial charge in [0, 0.05) is 24.2 Å². The standard InChI is InChI=1S/C17H18O4S/c1-20-12-8-7-11(18)14-13(12)15-9-5-3-4-6-10(9)17(14,22-15)16(19)21-2/h3-8,11-15,18H,1-2H3/t11-,12+,13+,14-,15+,17-/m1/s1. The van der Waals surface area contributed by atoms with E-state index in [0.717, 1.165) is 5.56 Å². The van der Waals surface area contributed by atoms with Gasteiger partial charge in [-0.1, -0.05) is 36.4 Å². The average Bonchev–Trinajstić information content (AvgIpc) is 3.09. The van der Waals surface area contributed by atoms with Crippen LogP contribution in [0.5, 0.6) is 0 Å². The zero-order valence-corrected chi connectivity index (χ0v) is 13.2. The molecule has 22 heavy (non-hydrogen) atoms. The summed E-state index contributed by atoms with van der Waals surface area (Å²) in [5.74, 6) is -0.423. The number of benzene rings is 1. The molecule has 3 aliphatic rings. The predicted octanol–water partition coefficient (Wildman–Crippen LogP) is 2.03. The van der Waals surface area contributed by atoms with Gasteiger partial charge >= 0.3 is 5.97 Å². The van der Waals surface area contributed by atoms with E-state index in [1.54, 1.807) is 24.9 Å². The Morgan fingerprint density at radius 1 is 1.27 bits per heavy atom. The number of fused-ring (bicyclic) bond motifs is 8. The number of thioether (sulfide) groups is 1. The highest BCUT2D eigenvalue weighted by Crippen LogP contribution is 2.72. The molecule has 1 saturated heterocycles. The van der Waals surface area contributed by atoms with Crippen LogP contribution in [0.25, 0.3) is 0 Å². The van der Waals surface area contributed by atoms with E-state index in [1.807, 2.05) is 24.3 Å². The molecule has 2 bridgehead atoms. The first kappa shape index (κ1) is 14.3. The Morgan fingerprint density at radius 2 is 2.05 bits per heavy atom. The number of aliphatic hydroxyl groups excluding tert-OH is 1. The first-order chi connectivity index (χ1) is 10.6. The number of carbonyl (C=O) groups is 1. The summed E-state index contributed by atoms with van der Waals surface area (Å²) < 4.78 is 9.93. The minimum absolute atomic E-state index is 0.0731. The zero-order valence-electron chi connectivity index (χ0n) is 12.4. The van der Waals surface area contributed by atoms with Gasteiger partial charge in [-0.2, -0.15) is 0 Å². The quantitative estimate of drug-likeness (QED) is 0.668. The van der Waals surface area contributed by atoms with Crippen LogP contribution >= 0.6 is 11.8 Å². The summed E-state index contributed by atoms with van der Waals surface area (Å²) in [6.07, 6.45) is 2.91. The molecule has 0 radical (unpaired) electrons. The fourth-order valence-corrected chi connectivity index (χ4v) is 6.57. The molecule has 1 N–H and O–H groups in total. The van der Waals surface area contributed by atoms with Gasteiger partial charge in [0.05, 0.1) is 19.3 Å². The summed E-state index contributed by atoms with van der Waals surface area (Å²) in [6, 6.07) is 8.00. The minimum atomic E-state index is -0.832. The maximum absolute atomic E-state index is 12.7. The third-order valence-electron chi connectivity index (χ3n) is 5.22. The maximum Gasteiger partial charge on any atom is 0.326 e. The minimum Gasteiger partial charge on any atom is -0.468 e. The highest BCUT2D eigenvalue weighted by atomic mass is 32.2. The zero-order chi connectivity index (χ0) is 15.5. The van der Waals surface area contributed by atoms with Crippen LogP contribution in [0, 0.1) is 11.8 Å². The van der Waals surface area contributed by atoms with E-state index >= 15 is 0 Å².